The normalized spacial score (nSPS) is 12.5. The molecule has 0 fully saturated rings. The molecule has 1 atom stereocenters. The highest BCUT2D eigenvalue weighted by Gasteiger charge is 2.15. The third-order valence-electron chi connectivity index (χ3n) is 3.51. The highest BCUT2D eigenvalue weighted by Crippen LogP contribution is 2.12. The Morgan fingerprint density at radius 1 is 1.26 bits per heavy atom. The second kappa shape index (κ2) is 7.68. The van der Waals surface area contributed by atoms with E-state index in [0.29, 0.717) is 12.3 Å². The van der Waals surface area contributed by atoms with Gasteiger partial charge in [-0.05, 0) is 42.9 Å². The predicted octanol–water partition coefficient (Wildman–Crippen LogP) is 3.77. The third kappa shape index (κ3) is 5.35. The zero-order valence-corrected chi connectivity index (χ0v) is 13.9. The number of nitrogens with one attached hydrogen (secondary N) is 1. The van der Waals surface area contributed by atoms with Crippen LogP contribution in [0.1, 0.15) is 37.0 Å². The molecule has 1 rings (SSSR count). The number of hydrogen-bond donors (Lipinski definition) is 1. The second-order valence-electron chi connectivity index (χ2n) is 5.49. The summed E-state index contributed by atoms with van der Waals surface area (Å²) in [5, 5.41) is 4.05. The fourth-order valence-electron chi connectivity index (χ4n) is 2.05. The molecule has 1 amide bonds. The number of halogens is 1. The summed E-state index contributed by atoms with van der Waals surface area (Å²) < 4.78 is 0. The van der Waals surface area contributed by atoms with Gasteiger partial charge in [0, 0.05) is 11.4 Å². The highest BCUT2D eigenvalue weighted by molar-refractivity contribution is 9.09. The average Bonchev–Trinajstić information content (AvgIpc) is 2.33. The van der Waals surface area contributed by atoms with Crippen LogP contribution in [0.3, 0.4) is 0 Å². The molecular weight excluding hydrogens is 302 g/mol. The van der Waals surface area contributed by atoms with Gasteiger partial charge in [0.15, 0.2) is 0 Å². The van der Waals surface area contributed by atoms with Crippen LogP contribution in [0.5, 0.6) is 0 Å². The maximum absolute atomic E-state index is 12.1. The molecule has 0 aliphatic carbocycles. The van der Waals surface area contributed by atoms with E-state index in [2.05, 4.69) is 61.1 Å². The Hall–Kier alpha value is -0.830. The van der Waals surface area contributed by atoms with Crippen LogP contribution in [-0.2, 0) is 11.2 Å². The van der Waals surface area contributed by atoms with Crippen molar-refractivity contribution in [3.8, 4) is 0 Å². The van der Waals surface area contributed by atoms with Gasteiger partial charge in [-0.2, -0.15) is 0 Å². The molecule has 0 spiro atoms. The van der Waals surface area contributed by atoms with Crippen molar-refractivity contribution in [1.29, 1.82) is 0 Å². The molecule has 1 N–H and O–H groups in total. The maximum atomic E-state index is 12.1. The predicted molar refractivity (Wildman–Crippen MR) is 84.8 cm³/mol. The zero-order chi connectivity index (χ0) is 14.4. The molecular formula is C16H24BrNO. The Bertz CT molecular complexity index is 429. The molecule has 0 heterocycles. The molecule has 106 valence electrons. The molecule has 0 radical (unpaired) electrons. The Labute approximate surface area is 125 Å². The summed E-state index contributed by atoms with van der Waals surface area (Å²) >= 11 is 3.44. The molecule has 1 aromatic carbocycles. The van der Waals surface area contributed by atoms with Crippen molar-refractivity contribution in [2.24, 2.45) is 5.92 Å². The molecule has 1 unspecified atom stereocenters. The minimum atomic E-state index is 0.114. The van der Waals surface area contributed by atoms with Gasteiger partial charge in [-0.25, -0.2) is 0 Å². The summed E-state index contributed by atoms with van der Waals surface area (Å²) in [4.78, 5) is 12.1. The molecule has 0 saturated heterocycles. The fourth-order valence-corrected chi connectivity index (χ4v) is 2.54. The van der Waals surface area contributed by atoms with Crippen LogP contribution in [0.2, 0.25) is 0 Å². The molecule has 0 aliphatic heterocycles. The van der Waals surface area contributed by atoms with Gasteiger partial charge in [-0.15, -0.1) is 0 Å². The van der Waals surface area contributed by atoms with Crippen LogP contribution in [0.25, 0.3) is 0 Å². The SMILES string of the molecule is Cc1ccc(CC(=O)NC(CCBr)C(C)C)cc1C. The minimum absolute atomic E-state index is 0.114. The molecule has 1 aromatic rings. The maximum Gasteiger partial charge on any atom is 0.224 e. The number of amides is 1. The van der Waals surface area contributed by atoms with Crippen molar-refractivity contribution in [2.75, 3.05) is 5.33 Å². The quantitative estimate of drug-likeness (QED) is 0.792. The Balaban J connectivity index is 2.61. The summed E-state index contributed by atoms with van der Waals surface area (Å²) in [7, 11) is 0. The van der Waals surface area contributed by atoms with Gasteiger partial charge in [0.1, 0.15) is 0 Å². The van der Waals surface area contributed by atoms with E-state index in [1.54, 1.807) is 0 Å². The molecule has 19 heavy (non-hydrogen) atoms. The number of carbonyl (C=O) groups is 1. The average molecular weight is 326 g/mol. The Kier molecular flexibility index (Phi) is 6.56. The number of hydrogen-bond acceptors (Lipinski definition) is 1. The molecule has 0 aliphatic rings. The van der Waals surface area contributed by atoms with Gasteiger partial charge >= 0.3 is 0 Å². The van der Waals surface area contributed by atoms with Gasteiger partial charge in [0.05, 0.1) is 6.42 Å². The van der Waals surface area contributed by atoms with E-state index >= 15 is 0 Å². The molecule has 0 saturated carbocycles. The standard InChI is InChI=1S/C16H24BrNO/c1-11(2)15(7-8-17)18-16(19)10-14-6-5-12(3)13(4)9-14/h5-6,9,11,15H,7-8,10H2,1-4H3,(H,18,19). The van der Waals surface area contributed by atoms with Crippen LogP contribution in [-0.4, -0.2) is 17.3 Å². The van der Waals surface area contributed by atoms with Crippen LogP contribution in [0.15, 0.2) is 18.2 Å². The van der Waals surface area contributed by atoms with Crippen LogP contribution < -0.4 is 5.32 Å². The first-order chi connectivity index (χ1) is 8.93. The summed E-state index contributed by atoms with van der Waals surface area (Å²) in [6.07, 6.45) is 1.43. The first kappa shape index (κ1) is 16.2. The Morgan fingerprint density at radius 3 is 2.47 bits per heavy atom. The van der Waals surface area contributed by atoms with Crippen LogP contribution >= 0.6 is 15.9 Å². The lowest BCUT2D eigenvalue weighted by molar-refractivity contribution is -0.121. The number of benzene rings is 1. The van der Waals surface area contributed by atoms with Gasteiger partial charge in [0.25, 0.3) is 0 Å². The van der Waals surface area contributed by atoms with Crippen LogP contribution in [0, 0.1) is 19.8 Å². The van der Waals surface area contributed by atoms with Crippen molar-refractivity contribution in [1.82, 2.24) is 5.32 Å². The van der Waals surface area contributed by atoms with E-state index < -0.39 is 0 Å². The third-order valence-corrected chi connectivity index (χ3v) is 3.97. The summed E-state index contributed by atoms with van der Waals surface area (Å²) in [5.74, 6) is 0.573. The number of aryl methyl sites for hydroxylation is 2. The van der Waals surface area contributed by atoms with Gasteiger partial charge < -0.3 is 5.32 Å². The number of rotatable bonds is 6. The van der Waals surface area contributed by atoms with Gasteiger partial charge in [0.2, 0.25) is 5.91 Å². The Morgan fingerprint density at radius 2 is 1.95 bits per heavy atom. The largest absolute Gasteiger partial charge is 0.353 e. The second-order valence-corrected chi connectivity index (χ2v) is 6.28. The van der Waals surface area contributed by atoms with E-state index in [0.717, 1.165) is 17.3 Å². The van der Waals surface area contributed by atoms with E-state index in [1.807, 2.05) is 6.07 Å². The number of alkyl halides is 1. The van der Waals surface area contributed by atoms with Crippen molar-refractivity contribution >= 4 is 21.8 Å². The first-order valence-corrected chi connectivity index (χ1v) is 7.97. The van der Waals surface area contributed by atoms with Crippen molar-refractivity contribution in [3.05, 3.63) is 34.9 Å². The van der Waals surface area contributed by atoms with Crippen LogP contribution in [0.4, 0.5) is 0 Å². The number of carbonyl (C=O) groups excluding carboxylic acids is 1. The monoisotopic (exact) mass is 325 g/mol. The van der Waals surface area contributed by atoms with E-state index in [1.165, 1.54) is 11.1 Å². The van der Waals surface area contributed by atoms with Crippen molar-refractivity contribution in [2.45, 2.75) is 46.6 Å². The molecule has 0 bridgehead atoms. The molecule has 3 heteroatoms. The first-order valence-electron chi connectivity index (χ1n) is 6.85. The zero-order valence-electron chi connectivity index (χ0n) is 12.3. The van der Waals surface area contributed by atoms with Crippen molar-refractivity contribution < 1.29 is 4.79 Å². The minimum Gasteiger partial charge on any atom is -0.353 e. The summed E-state index contributed by atoms with van der Waals surface area (Å²) in [6.45, 7) is 8.45. The topological polar surface area (TPSA) is 29.1 Å². The molecule has 2 nitrogen and oxygen atoms in total. The lowest BCUT2D eigenvalue weighted by atomic mass is 10.0. The van der Waals surface area contributed by atoms with E-state index in [-0.39, 0.29) is 11.9 Å². The smallest absolute Gasteiger partial charge is 0.224 e. The fraction of sp³-hybridized carbons (Fsp3) is 0.562. The molecule has 0 aromatic heterocycles. The lowest BCUT2D eigenvalue weighted by Crippen LogP contribution is -2.39. The lowest BCUT2D eigenvalue weighted by Gasteiger charge is -2.21. The highest BCUT2D eigenvalue weighted by atomic mass is 79.9. The van der Waals surface area contributed by atoms with E-state index in [4.69, 9.17) is 0 Å². The van der Waals surface area contributed by atoms with Gasteiger partial charge in [-0.1, -0.05) is 48.0 Å². The van der Waals surface area contributed by atoms with Gasteiger partial charge in [-0.3, -0.25) is 4.79 Å². The summed E-state index contributed by atoms with van der Waals surface area (Å²) in [6, 6.07) is 6.47. The summed E-state index contributed by atoms with van der Waals surface area (Å²) in [5.41, 5.74) is 3.59. The van der Waals surface area contributed by atoms with Crippen molar-refractivity contribution in [3.63, 3.8) is 0 Å². The van der Waals surface area contributed by atoms with E-state index in [9.17, 15) is 4.79 Å².